The van der Waals surface area contributed by atoms with E-state index in [-0.39, 0.29) is 0 Å². The minimum Gasteiger partial charge on any atom is -0.472 e. The first-order chi connectivity index (χ1) is 5.83. The van der Waals surface area contributed by atoms with E-state index in [1.807, 2.05) is 13.0 Å². The van der Waals surface area contributed by atoms with Crippen LogP contribution < -0.4 is 0 Å². The summed E-state index contributed by atoms with van der Waals surface area (Å²) in [5.41, 5.74) is 1.14. The SMILES string of the molecule is CCC(=O)CSCc1ccoc1. The lowest BCUT2D eigenvalue weighted by atomic mass is 10.4. The van der Waals surface area contributed by atoms with Crippen LogP contribution in [0.1, 0.15) is 18.9 Å². The molecule has 0 spiro atoms. The molecule has 0 unspecified atom stereocenters. The molecule has 1 aromatic rings. The molecule has 66 valence electrons. The fraction of sp³-hybridized carbons (Fsp3) is 0.444. The van der Waals surface area contributed by atoms with Crippen molar-refractivity contribution in [2.75, 3.05) is 5.75 Å². The summed E-state index contributed by atoms with van der Waals surface area (Å²) in [5.74, 6) is 1.78. The van der Waals surface area contributed by atoms with E-state index < -0.39 is 0 Å². The molecule has 0 aromatic carbocycles. The van der Waals surface area contributed by atoms with E-state index in [1.165, 1.54) is 0 Å². The third kappa shape index (κ3) is 3.13. The molecular formula is C9H12O2S. The maximum atomic E-state index is 10.9. The fourth-order valence-electron chi connectivity index (χ4n) is 0.760. The highest BCUT2D eigenvalue weighted by atomic mass is 32.2. The summed E-state index contributed by atoms with van der Waals surface area (Å²) in [4.78, 5) is 10.9. The average molecular weight is 184 g/mol. The van der Waals surface area contributed by atoms with Gasteiger partial charge in [0.2, 0.25) is 0 Å². The summed E-state index contributed by atoms with van der Waals surface area (Å²) in [6.45, 7) is 1.89. The molecule has 0 saturated heterocycles. The Bertz CT molecular complexity index is 229. The lowest BCUT2D eigenvalue weighted by Crippen LogP contribution is -1.98. The Kier molecular flexibility index (Phi) is 3.94. The lowest BCUT2D eigenvalue weighted by molar-refractivity contribution is -0.116. The Morgan fingerprint density at radius 3 is 3.08 bits per heavy atom. The second-order valence-corrected chi connectivity index (χ2v) is 3.50. The second kappa shape index (κ2) is 5.04. The predicted molar refractivity (Wildman–Crippen MR) is 50.2 cm³/mol. The molecule has 0 aliphatic rings. The van der Waals surface area contributed by atoms with Crippen LogP contribution in [0.2, 0.25) is 0 Å². The van der Waals surface area contributed by atoms with E-state index in [0.29, 0.717) is 18.0 Å². The van der Waals surface area contributed by atoms with Crippen LogP contribution in [0.4, 0.5) is 0 Å². The number of thioether (sulfide) groups is 1. The molecule has 12 heavy (non-hydrogen) atoms. The van der Waals surface area contributed by atoms with Gasteiger partial charge in [-0.25, -0.2) is 0 Å². The van der Waals surface area contributed by atoms with Crippen molar-refractivity contribution < 1.29 is 9.21 Å². The van der Waals surface area contributed by atoms with Crippen molar-refractivity contribution in [1.29, 1.82) is 0 Å². The first-order valence-corrected chi connectivity index (χ1v) is 5.09. The predicted octanol–water partition coefficient (Wildman–Crippen LogP) is 2.49. The van der Waals surface area contributed by atoms with Crippen LogP contribution in [0, 0.1) is 0 Å². The average Bonchev–Trinajstić information content (AvgIpc) is 2.57. The monoisotopic (exact) mass is 184 g/mol. The summed E-state index contributed by atoms with van der Waals surface area (Å²) >= 11 is 1.63. The second-order valence-electron chi connectivity index (χ2n) is 2.52. The molecule has 0 atom stereocenters. The van der Waals surface area contributed by atoms with Gasteiger partial charge in [-0.1, -0.05) is 6.92 Å². The zero-order valence-corrected chi connectivity index (χ0v) is 7.89. The third-order valence-electron chi connectivity index (χ3n) is 1.51. The number of hydrogen-bond donors (Lipinski definition) is 0. The van der Waals surface area contributed by atoms with Crippen LogP contribution in [0.15, 0.2) is 23.0 Å². The smallest absolute Gasteiger partial charge is 0.142 e. The van der Waals surface area contributed by atoms with Crippen LogP contribution in [-0.2, 0) is 10.5 Å². The Labute approximate surface area is 76.3 Å². The van der Waals surface area contributed by atoms with Gasteiger partial charge in [0.05, 0.1) is 18.3 Å². The van der Waals surface area contributed by atoms with Crippen molar-refractivity contribution in [3.8, 4) is 0 Å². The Morgan fingerprint density at radius 2 is 2.50 bits per heavy atom. The highest BCUT2D eigenvalue weighted by molar-refractivity contribution is 7.99. The van der Waals surface area contributed by atoms with Crippen molar-refractivity contribution in [2.24, 2.45) is 0 Å². The minimum absolute atomic E-state index is 0.309. The Balaban J connectivity index is 2.15. The Morgan fingerprint density at radius 1 is 1.67 bits per heavy atom. The quantitative estimate of drug-likeness (QED) is 0.704. The van der Waals surface area contributed by atoms with Gasteiger partial charge in [0.1, 0.15) is 5.78 Å². The maximum absolute atomic E-state index is 10.9. The molecule has 0 radical (unpaired) electrons. The van der Waals surface area contributed by atoms with Gasteiger partial charge in [-0.3, -0.25) is 4.79 Å². The highest BCUT2D eigenvalue weighted by Crippen LogP contribution is 2.12. The van der Waals surface area contributed by atoms with Crippen LogP contribution in [0.3, 0.4) is 0 Å². The summed E-state index contributed by atoms with van der Waals surface area (Å²) in [6, 6.07) is 1.92. The van der Waals surface area contributed by atoms with Crippen LogP contribution in [0.25, 0.3) is 0 Å². The van der Waals surface area contributed by atoms with E-state index in [4.69, 9.17) is 4.42 Å². The number of rotatable bonds is 5. The number of carbonyl (C=O) groups excluding carboxylic acids is 1. The van der Waals surface area contributed by atoms with Crippen LogP contribution >= 0.6 is 11.8 Å². The van der Waals surface area contributed by atoms with Crippen molar-refractivity contribution in [3.63, 3.8) is 0 Å². The zero-order valence-electron chi connectivity index (χ0n) is 7.08. The van der Waals surface area contributed by atoms with Crippen LogP contribution in [-0.4, -0.2) is 11.5 Å². The van der Waals surface area contributed by atoms with Gasteiger partial charge >= 0.3 is 0 Å². The number of Topliss-reactive ketones (excluding diaryl/α,β-unsaturated/α-hetero) is 1. The van der Waals surface area contributed by atoms with E-state index in [9.17, 15) is 4.79 Å². The van der Waals surface area contributed by atoms with E-state index in [0.717, 1.165) is 11.3 Å². The highest BCUT2D eigenvalue weighted by Gasteiger charge is 1.99. The fourth-order valence-corrected chi connectivity index (χ4v) is 1.69. The summed E-state index contributed by atoms with van der Waals surface area (Å²) in [6.07, 6.45) is 4.00. The molecule has 3 heteroatoms. The molecule has 0 saturated carbocycles. The molecule has 0 aliphatic heterocycles. The summed E-state index contributed by atoms with van der Waals surface area (Å²) in [5, 5.41) is 0. The third-order valence-corrected chi connectivity index (χ3v) is 2.57. The normalized spacial score (nSPS) is 10.1. The molecule has 2 nitrogen and oxygen atoms in total. The van der Waals surface area contributed by atoms with Gasteiger partial charge in [0.25, 0.3) is 0 Å². The van der Waals surface area contributed by atoms with Crippen molar-refractivity contribution in [1.82, 2.24) is 0 Å². The Hall–Kier alpha value is -0.700. The zero-order chi connectivity index (χ0) is 8.81. The van der Waals surface area contributed by atoms with Crippen molar-refractivity contribution in [2.45, 2.75) is 19.1 Å². The number of furan rings is 1. The number of carbonyl (C=O) groups is 1. The van der Waals surface area contributed by atoms with Gasteiger partial charge in [-0.2, -0.15) is 0 Å². The number of ketones is 1. The molecule has 0 aliphatic carbocycles. The minimum atomic E-state index is 0.309. The summed E-state index contributed by atoms with van der Waals surface area (Å²) in [7, 11) is 0. The maximum Gasteiger partial charge on any atom is 0.142 e. The molecular weight excluding hydrogens is 172 g/mol. The van der Waals surface area contributed by atoms with Crippen LogP contribution in [0.5, 0.6) is 0 Å². The van der Waals surface area contributed by atoms with E-state index in [1.54, 1.807) is 24.3 Å². The lowest BCUT2D eigenvalue weighted by Gasteiger charge is -1.95. The van der Waals surface area contributed by atoms with E-state index in [2.05, 4.69) is 0 Å². The molecule has 0 fully saturated rings. The largest absolute Gasteiger partial charge is 0.472 e. The topological polar surface area (TPSA) is 30.2 Å². The molecule has 0 N–H and O–H groups in total. The van der Waals surface area contributed by atoms with Gasteiger partial charge in [-0.05, 0) is 6.07 Å². The summed E-state index contributed by atoms with van der Waals surface area (Å²) < 4.78 is 4.90. The first kappa shape index (κ1) is 9.39. The molecule has 0 amide bonds. The molecule has 1 heterocycles. The molecule has 1 aromatic heterocycles. The van der Waals surface area contributed by atoms with Crippen molar-refractivity contribution in [3.05, 3.63) is 24.2 Å². The van der Waals surface area contributed by atoms with Gasteiger partial charge < -0.3 is 4.42 Å². The standard InChI is InChI=1S/C9H12O2S/c1-2-9(10)7-12-6-8-3-4-11-5-8/h3-5H,2,6-7H2,1H3. The van der Waals surface area contributed by atoms with Gasteiger partial charge in [0.15, 0.2) is 0 Å². The number of hydrogen-bond acceptors (Lipinski definition) is 3. The van der Waals surface area contributed by atoms with Gasteiger partial charge in [-0.15, -0.1) is 11.8 Å². The first-order valence-electron chi connectivity index (χ1n) is 3.93. The molecule has 0 bridgehead atoms. The van der Waals surface area contributed by atoms with Crippen molar-refractivity contribution >= 4 is 17.5 Å². The van der Waals surface area contributed by atoms with Gasteiger partial charge in [0, 0.05) is 17.7 Å². The van der Waals surface area contributed by atoms with E-state index >= 15 is 0 Å². The molecule has 1 rings (SSSR count).